The predicted octanol–water partition coefficient (Wildman–Crippen LogP) is 3.16. The Kier molecular flexibility index (Phi) is 7.06. The van der Waals surface area contributed by atoms with Crippen molar-refractivity contribution in [3.63, 3.8) is 0 Å². The highest BCUT2D eigenvalue weighted by atomic mass is 15.2. The quantitative estimate of drug-likeness (QED) is 0.676. The van der Waals surface area contributed by atoms with Crippen LogP contribution in [0.15, 0.2) is 0 Å². The zero-order valence-electron chi connectivity index (χ0n) is 11.3. The molecule has 1 rings (SSSR count). The van der Waals surface area contributed by atoms with E-state index in [2.05, 4.69) is 18.7 Å². The van der Waals surface area contributed by atoms with E-state index >= 15 is 0 Å². The topological polar surface area (TPSA) is 29.3 Å². The number of nitrogens with zero attached hydrogens (tertiary/aromatic N) is 1. The Morgan fingerprint density at radius 1 is 1.31 bits per heavy atom. The molecule has 0 bridgehead atoms. The van der Waals surface area contributed by atoms with Crippen molar-refractivity contribution in [3.8, 4) is 0 Å². The minimum atomic E-state index is 0.382. The normalized spacial score (nSPS) is 24.6. The van der Waals surface area contributed by atoms with Gasteiger partial charge in [-0.1, -0.05) is 26.2 Å². The predicted molar refractivity (Wildman–Crippen MR) is 71.6 cm³/mol. The Morgan fingerprint density at radius 3 is 2.81 bits per heavy atom. The van der Waals surface area contributed by atoms with Crippen molar-refractivity contribution < 1.29 is 0 Å². The number of nitrogens with two attached hydrogens (primary N) is 1. The summed E-state index contributed by atoms with van der Waals surface area (Å²) < 4.78 is 0. The fourth-order valence-corrected chi connectivity index (χ4v) is 2.80. The summed E-state index contributed by atoms with van der Waals surface area (Å²) in [5.74, 6) is 0. The molecule has 1 aliphatic heterocycles. The van der Waals surface area contributed by atoms with Crippen LogP contribution in [0.25, 0.3) is 0 Å². The Morgan fingerprint density at radius 2 is 2.12 bits per heavy atom. The number of hydrogen-bond acceptors (Lipinski definition) is 2. The molecular weight excluding hydrogens is 196 g/mol. The molecule has 0 aliphatic carbocycles. The van der Waals surface area contributed by atoms with Gasteiger partial charge in [-0.25, -0.2) is 0 Å². The summed E-state index contributed by atoms with van der Waals surface area (Å²) >= 11 is 0. The monoisotopic (exact) mass is 226 g/mol. The van der Waals surface area contributed by atoms with E-state index in [1.165, 1.54) is 64.5 Å². The Bertz CT molecular complexity index is 166. The molecule has 2 unspecified atom stereocenters. The van der Waals surface area contributed by atoms with Crippen molar-refractivity contribution in [2.45, 2.75) is 77.3 Å². The Balaban J connectivity index is 2.16. The van der Waals surface area contributed by atoms with Gasteiger partial charge in [0.25, 0.3) is 0 Å². The van der Waals surface area contributed by atoms with Crippen molar-refractivity contribution in [1.29, 1.82) is 0 Å². The SMILES string of the molecule is CCCC1CCCCN1CCCCC(C)N. The van der Waals surface area contributed by atoms with Crippen LogP contribution in [0, 0.1) is 0 Å². The first-order valence-electron chi connectivity index (χ1n) is 7.23. The number of unbranched alkanes of at least 4 members (excludes halogenated alkanes) is 1. The van der Waals surface area contributed by atoms with E-state index in [0.29, 0.717) is 6.04 Å². The van der Waals surface area contributed by atoms with Gasteiger partial charge in [0.1, 0.15) is 0 Å². The van der Waals surface area contributed by atoms with E-state index < -0.39 is 0 Å². The number of likely N-dealkylation sites (tertiary alicyclic amines) is 1. The van der Waals surface area contributed by atoms with Gasteiger partial charge in [-0.15, -0.1) is 0 Å². The zero-order valence-corrected chi connectivity index (χ0v) is 11.3. The number of hydrogen-bond donors (Lipinski definition) is 1. The smallest absolute Gasteiger partial charge is 0.00951 e. The maximum Gasteiger partial charge on any atom is 0.00951 e. The fourth-order valence-electron chi connectivity index (χ4n) is 2.80. The van der Waals surface area contributed by atoms with E-state index in [-0.39, 0.29) is 0 Å². The zero-order chi connectivity index (χ0) is 11.8. The van der Waals surface area contributed by atoms with E-state index in [1.54, 1.807) is 0 Å². The summed E-state index contributed by atoms with van der Waals surface area (Å²) in [4.78, 5) is 2.73. The van der Waals surface area contributed by atoms with Gasteiger partial charge in [-0.05, 0) is 52.1 Å². The number of rotatable bonds is 7. The second kappa shape index (κ2) is 8.08. The van der Waals surface area contributed by atoms with Gasteiger partial charge in [0.15, 0.2) is 0 Å². The van der Waals surface area contributed by atoms with Gasteiger partial charge in [-0.3, -0.25) is 0 Å². The molecule has 1 aliphatic rings. The number of piperidine rings is 1. The van der Waals surface area contributed by atoms with Gasteiger partial charge >= 0.3 is 0 Å². The molecule has 2 nitrogen and oxygen atoms in total. The van der Waals surface area contributed by atoms with E-state index in [9.17, 15) is 0 Å². The lowest BCUT2D eigenvalue weighted by Gasteiger charge is -2.35. The van der Waals surface area contributed by atoms with Crippen molar-refractivity contribution in [2.75, 3.05) is 13.1 Å². The van der Waals surface area contributed by atoms with Gasteiger partial charge in [-0.2, -0.15) is 0 Å². The maximum absolute atomic E-state index is 5.77. The highest BCUT2D eigenvalue weighted by molar-refractivity contribution is 4.76. The largest absolute Gasteiger partial charge is 0.328 e. The van der Waals surface area contributed by atoms with Crippen LogP contribution in [0.2, 0.25) is 0 Å². The molecule has 0 radical (unpaired) electrons. The first kappa shape index (κ1) is 14.0. The Hall–Kier alpha value is -0.0800. The molecular formula is C14H30N2. The second-order valence-electron chi connectivity index (χ2n) is 5.45. The second-order valence-corrected chi connectivity index (χ2v) is 5.45. The van der Waals surface area contributed by atoms with Crippen LogP contribution in [0.4, 0.5) is 0 Å². The Labute approximate surface area is 102 Å². The molecule has 1 heterocycles. The molecule has 1 fully saturated rings. The molecule has 0 spiro atoms. The summed E-state index contributed by atoms with van der Waals surface area (Å²) in [5, 5.41) is 0. The lowest BCUT2D eigenvalue weighted by atomic mass is 9.97. The van der Waals surface area contributed by atoms with Crippen LogP contribution in [0.5, 0.6) is 0 Å². The first-order valence-corrected chi connectivity index (χ1v) is 7.23. The van der Waals surface area contributed by atoms with E-state index in [0.717, 1.165) is 6.04 Å². The summed E-state index contributed by atoms with van der Waals surface area (Å²) in [7, 11) is 0. The third kappa shape index (κ3) is 5.31. The van der Waals surface area contributed by atoms with Crippen LogP contribution in [0.3, 0.4) is 0 Å². The van der Waals surface area contributed by atoms with Crippen LogP contribution < -0.4 is 5.73 Å². The summed E-state index contributed by atoms with van der Waals surface area (Å²) in [5.41, 5.74) is 5.77. The van der Waals surface area contributed by atoms with Gasteiger partial charge < -0.3 is 10.6 Å². The van der Waals surface area contributed by atoms with Crippen LogP contribution in [-0.2, 0) is 0 Å². The van der Waals surface area contributed by atoms with Gasteiger partial charge in [0.2, 0.25) is 0 Å². The highest BCUT2D eigenvalue weighted by Gasteiger charge is 2.20. The molecule has 2 N–H and O–H groups in total. The van der Waals surface area contributed by atoms with Crippen molar-refractivity contribution >= 4 is 0 Å². The van der Waals surface area contributed by atoms with Gasteiger partial charge in [0, 0.05) is 12.1 Å². The van der Waals surface area contributed by atoms with Crippen LogP contribution >= 0.6 is 0 Å². The third-order valence-electron chi connectivity index (χ3n) is 3.73. The van der Waals surface area contributed by atoms with E-state index in [1.807, 2.05) is 0 Å². The molecule has 16 heavy (non-hydrogen) atoms. The van der Waals surface area contributed by atoms with E-state index in [4.69, 9.17) is 5.73 Å². The third-order valence-corrected chi connectivity index (χ3v) is 3.73. The van der Waals surface area contributed by atoms with Crippen molar-refractivity contribution in [2.24, 2.45) is 5.73 Å². The average Bonchev–Trinajstić information content (AvgIpc) is 2.26. The molecule has 2 heteroatoms. The lowest BCUT2D eigenvalue weighted by Crippen LogP contribution is -2.40. The molecule has 0 saturated carbocycles. The summed E-state index contributed by atoms with van der Waals surface area (Å²) in [6.45, 7) is 7.06. The van der Waals surface area contributed by atoms with Crippen molar-refractivity contribution in [3.05, 3.63) is 0 Å². The minimum absolute atomic E-state index is 0.382. The molecule has 2 atom stereocenters. The van der Waals surface area contributed by atoms with Gasteiger partial charge in [0.05, 0.1) is 0 Å². The van der Waals surface area contributed by atoms with Crippen molar-refractivity contribution in [1.82, 2.24) is 4.90 Å². The summed E-state index contributed by atoms with van der Waals surface area (Å²) in [6, 6.07) is 1.27. The molecule has 0 aromatic heterocycles. The van der Waals surface area contributed by atoms with Crippen LogP contribution in [0.1, 0.15) is 65.2 Å². The molecule has 0 aromatic rings. The lowest BCUT2D eigenvalue weighted by molar-refractivity contribution is 0.136. The van der Waals surface area contributed by atoms with Crippen LogP contribution in [-0.4, -0.2) is 30.1 Å². The standard InChI is InChI=1S/C14H30N2/c1-3-8-14-10-5-7-12-16(14)11-6-4-9-13(2)15/h13-14H,3-12,15H2,1-2H3. The first-order chi connectivity index (χ1) is 7.74. The summed E-state index contributed by atoms with van der Waals surface area (Å²) in [6.07, 6.45) is 10.8. The average molecular weight is 226 g/mol. The minimum Gasteiger partial charge on any atom is -0.328 e. The molecule has 1 saturated heterocycles. The maximum atomic E-state index is 5.77. The highest BCUT2D eigenvalue weighted by Crippen LogP contribution is 2.21. The molecule has 0 aromatic carbocycles. The molecule has 0 amide bonds. The fraction of sp³-hybridized carbons (Fsp3) is 1.00. The molecule has 96 valence electrons.